The van der Waals surface area contributed by atoms with Crippen molar-refractivity contribution in [2.75, 3.05) is 0 Å². The molecule has 9 heteroatoms. The standard InChI is InChI=1S/C8H10O9/c9-5(10)1-3(7(13)14)17-4(8(15)16)2-6(11)12/h3-4H,1-2H2,(H,9,10)(H,11,12)(H,13,14)(H,15,16)/t3-,4+. The van der Waals surface area contributed by atoms with Crippen LogP contribution in [0.25, 0.3) is 0 Å². The molecule has 0 aromatic carbocycles. The predicted octanol–water partition coefficient (Wildman–Crippen LogP) is -1.14. The number of aliphatic carboxylic acids is 4. The van der Waals surface area contributed by atoms with E-state index in [1.165, 1.54) is 0 Å². The molecule has 0 amide bonds. The molecule has 9 nitrogen and oxygen atoms in total. The van der Waals surface area contributed by atoms with Crippen LogP contribution in [0.3, 0.4) is 0 Å². The monoisotopic (exact) mass is 250 g/mol. The maximum absolute atomic E-state index is 10.6. The molecule has 96 valence electrons. The van der Waals surface area contributed by atoms with Gasteiger partial charge in [0, 0.05) is 0 Å². The second-order valence-corrected chi connectivity index (χ2v) is 2.99. The highest BCUT2D eigenvalue weighted by Gasteiger charge is 2.30. The number of carboxylic acids is 4. The van der Waals surface area contributed by atoms with E-state index in [1.54, 1.807) is 0 Å². The van der Waals surface area contributed by atoms with E-state index in [-0.39, 0.29) is 0 Å². The fraction of sp³-hybridized carbons (Fsp3) is 0.500. The van der Waals surface area contributed by atoms with Crippen molar-refractivity contribution >= 4 is 23.9 Å². The lowest BCUT2D eigenvalue weighted by molar-refractivity contribution is -0.172. The van der Waals surface area contributed by atoms with Crippen LogP contribution in [0.2, 0.25) is 0 Å². The first-order chi connectivity index (χ1) is 7.73. The summed E-state index contributed by atoms with van der Waals surface area (Å²) >= 11 is 0. The van der Waals surface area contributed by atoms with Gasteiger partial charge in [0.05, 0.1) is 12.8 Å². The highest BCUT2D eigenvalue weighted by atomic mass is 16.5. The third-order valence-electron chi connectivity index (χ3n) is 1.60. The Kier molecular flexibility index (Phi) is 5.61. The maximum atomic E-state index is 10.6. The van der Waals surface area contributed by atoms with Crippen LogP contribution in [0.4, 0.5) is 0 Å². The molecule has 0 bridgehead atoms. The Labute approximate surface area is 94.2 Å². The van der Waals surface area contributed by atoms with Crippen LogP contribution in [0, 0.1) is 0 Å². The zero-order valence-corrected chi connectivity index (χ0v) is 8.40. The quantitative estimate of drug-likeness (QED) is 0.417. The van der Waals surface area contributed by atoms with Crippen LogP contribution in [0.15, 0.2) is 0 Å². The summed E-state index contributed by atoms with van der Waals surface area (Å²) in [4.78, 5) is 41.7. The minimum Gasteiger partial charge on any atom is -0.481 e. The summed E-state index contributed by atoms with van der Waals surface area (Å²) in [6, 6.07) is 0. The minimum absolute atomic E-state index is 0.960. The van der Waals surface area contributed by atoms with Gasteiger partial charge < -0.3 is 25.2 Å². The normalized spacial score (nSPS) is 13.6. The number of ether oxygens (including phenoxy) is 1. The van der Waals surface area contributed by atoms with E-state index in [2.05, 4.69) is 4.74 Å². The van der Waals surface area contributed by atoms with Gasteiger partial charge in [0.15, 0.2) is 12.2 Å². The molecule has 0 aliphatic heterocycles. The summed E-state index contributed by atoms with van der Waals surface area (Å²) < 4.78 is 4.43. The molecule has 0 saturated carbocycles. The zero-order chi connectivity index (χ0) is 13.6. The number of carboxylic acid groups (broad SMARTS) is 4. The average Bonchev–Trinajstić information content (AvgIpc) is 2.13. The molecule has 0 aliphatic carbocycles. The summed E-state index contributed by atoms with van der Waals surface area (Å²) in [5, 5.41) is 33.8. The molecule has 0 aromatic heterocycles. The van der Waals surface area contributed by atoms with Gasteiger partial charge in [-0.25, -0.2) is 9.59 Å². The van der Waals surface area contributed by atoms with Crippen LogP contribution in [0.5, 0.6) is 0 Å². The van der Waals surface area contributed by atoms with Crippen molar-refractivity contribution in [2.45, 2.75) is 25.0 Å². The van der Waals surface area contributed by atoms with Crippen molar-refractivity contribution in [1.29, 1.82) is 0 Å². The number of carbonyl (C=O) groups is 4. The first kappa shape index (κ1) is 14.8. The zero-order valence-electron chi connectivity index (χ0n) is 8.40. The fourth-order valence-corrected chi connectivity index (χ4v) is 0.903. The molecule has 2 atom stereocenters. The van der Waals surface area contributed by atoms with Crippen molar-refractivity contribution in [1.82, 2.24) is 0 Å². The van der Waals surface area contributed by atoms with E-state index in [0.29, 0.717) is 0 Å². The van der Waals surface area contributed by atoms with Gasteiger partial charge in [-0.1, -0.05) is 0 Å². The first-order valence-corrected chi connectivity index (χ1v) is 4.28. The fourth-order valence-electron chi connectivity index (χ4n) is 0.903. The first-order valence-electron chi connectivity index (χ1n) is 4.28. The molecule has 0 unspecified atom stereocenters. The Hall–Kier alpha value is -2.16. The van der Waals surface area contributed by atoms with Gasteiger partial charge in [-0.3, -0.25) is 9.59 Å². The van der Waals surface area contributed by atoms with Crippen molar-refractivity contribution in [2.24, 2.45) is 0 Å². The van der Waals surface area contributed by atoms with Gasteiger partial charge in [0.2, 0.25) is 0 Å². The third-order valence-corrected chi connectivity index (χ3v) is 1.60. The Bertz CT molecular complexity index is 302. The Morgan fingerprint density at radius 3 is 1.24 bits per heavy atom. The lowest BCUT2D eigenvalue weighted by atomic mass is 10.2. The molecule has 0 aliphatic rings. The molecular formula is C8H10O9. The number of rotatable bonds is 8. The topological polar surface area (TPSA) is 158 Å². The number of hydrogen-bond donors (Lipinski definition) is 4. The van der Waals surface area contributed by atoms with E-state index in [9.17, 15) is 19.2 Å². The molecular weight excluding hydrogens is 240 g/mol. The van der Waals surface area contributed by atoms with E-state index in [1.807, 2.05) is 0 Å². The Morgan fingerprint density at radius 2 is 1.06 bits per heavy atom. The van der Waals surface area contributed by atoms with E-state index in [4.69, 9.17) is 20.4 Å². The molecule has 0 rings (SSSR count). The predicted molar refractivity (Wildman–Crippen MR) is 48.4 cm³/mol. The summed E-state index contributed by atoms with van der Waals surface area (Å²) in [5.74, 6) is -6.36. The summed E-state index contributed by atoms with van der Waals surface area (Å²) in [5.41, 5.74) is 0. The van der Waals surface area contributed by atoms with E-state index < -0.39 is 48.9 Å². The maximum Gasteiger partial charge on any atom is 0.333 e. The van der Waals surface area contributed by atoms with Crippen LogP contribution in [0.1, 0.15) is 12.8 Å². The lowest BCUT2D eigenvalue weighted by Gasteiger charge is -2.16. The molecule has 0 fully saturated rings. The van der Waals surface area contributed by atoms with Crippen molar-refractivity contribution in [3.05, 3.63) is 0 Å². The summed E-state index contributed by atoms with van der Waals surface area (Å²) in [7, 11) is 0. The van der Waals surface area contributed by atoms with E-state index >= 15 is 0 Å². The highest BCUT2D eigenvalue weighted by Crippen LogP contribution is 2.08. The number of hydrogen-bond acceptors (Lipinski definition) is 5. The molecule has 0 radical (unpaired) electrons. The molecule has 4 N–H and O–H groups in total. The van der Waals surface area contributed by atoms with Crippen molar-refractivity contribution in [3.63, 3.8) is 0 Å². The van der Waals surface area contributed by atoms with Crippen LogP contribution in [-0.4, -0.2) is 56.5 Å². The van der Waals surface area contributed by atoms with Gasteiger partial charge >= 0.3 is 23.9 Å². The van der Waals surface area contributed by atoms with E-state index in [0.717, 1.165) is 0 Å². The summed E-state index contributed by atoms with van der Waals surface area (Å²) in [6.07, 6.45) is -5.74. The second kappa shape index (κ2) is 6.43. The van der Waals surface area contributed by atoms with Gasteiger partial charge in [0.1, 0.15) is 0 Å². The van der Waals surface area contributed by atoms with Crippen LogP contribution >= 0.6 is 0 Å². The largest absolute Gasteiger partial charge is 0.481 e. The Balaban J connectivity index is 4.67. The van der Waals surface area contributed by atoms with Crippen LogP contribution in [-0.2, 0) is 23.9 Å². The minimum atomic E-state index is -1.91. The van der Waals surface area contributed by atoms with Gasteiger partial charge in [-0.05, 0) is 0 Å². The molecule has 0 aromatic rings. The Morgan fingerprint density at radius 1 is 0.765 bits per heavy atom. The highest BCUT2D eigenvalue weighted by molar-refractivity contribution is 5.82. The molecule has 0 spiro atoms. The van der Waals surface area contributed by atoms with Crippen molar-refractivity contribution < 1.29 is 44.3 Å². The van der Waals surface area contributed by atoms with Gasteiger partial charge in [-0.15, -0.1) is 0 Å². The molecule has 17 heavy (non-hydrogen) atoms. The SMILES string of the molecule is O=C(O)C[C@H](O[C@H](CC(=O)O)C(=O)O)C(=O)O. The smallest absolute Gasteiger partial charge is 0.333 e. The molecule has 0 saturated heterocycles. The second-order valence-electron chi connectivity index (χ2n) is 2.99. The van der Waals surface area contributed by atoms with Gasteiger partial charge in [0.25, 0.3) is 0 Å². The average molecular weight is 250 g/mol. The van der Waals surface area contributed by atoms with Crippen molar-refractivity contribution in [3.8, 4) is 0 Å². The van der Waals surface area contributed by atoms with Gasteiger partial charge in [-0.2, -0.15) is 0 Å². The van der Waals surface area contributed by atoms with Crippen LogP contribution < -0.4 is 0 Å². The third kappa shape index (κ3) is 6.10. The summed E-state index contributed by atoms with van der Waals surface area (Å²) in [6.45, 7) is 0. The lowest BCUT2D eigenvalue weighted by Crippen LogP contribution is -2.36. The molecule has 0 heterocycles.